The number of hydrogen-bond donors (Lipinski definition) is 3. The minimum Gasteiger partial charge on any atom is -0.497 e. The van der Waals surface area contributed by atoms with Crippen molar-refractivity contribution in [2.45, 2.75) is 140 Å². The Hall–Kier alpha value is -5.77. The first kappa shape index (κ1) is 54.0. The third-order valence-electron chi connectivity index (χ3n) is 14.7. The van der Waals surface area contributed by atoms with Crippen molar-refractivity contribution < 1.29 is 57.8 Å². The van der Waals surface area contributed by atoms with E-state index in [0.29, 0.717) is 65.2 Å². The summed E-state index contributed by atoms with van der Waals surface area (Å²) < 4.78 is 43.1. The molecule has 392 valence electrons. The highest BCUT2D eigenvalue weighted by atomic mass is 16.7. The summed E-state index contributed by atoms with van der Waals surface area (Å²) in [6.07, 6.45) is 18.3. The molecule has 0 bridgehead atoms. The van der Waals surface area contributed by atoms with Crippen LogP contribution in [0.15, 0.2) is 84.1 Å². The van der Waals surface area contributed by atoms with Crippen LogP contribution in [0.5, 0.6) is 34.5 Å². The molecule has 6 atom stereocenters. The van der Waals surface area contributed by atoms with Gasteiger partial charge in [-0.1, -0.05) is 94.5 Å². The maximum Gasteiger partial charge on any atom is 0.417 e. The fourth-order valence-electron chi connectivity index (χ4n) is 11.3. The van der Waals surface area contributed by atoms with Crippen LogP contribution in [0.4, 0.5) is 10.5 Å². The zero-order chi connectivity index (χ0) is 50.9. The number of carbonyl (C=O) groups is 2. The average molecular weight is 996 g/mol. The normalized spacial score (nSPS) is 21.9. The van der Waals surface area contributed by atoms with E-state index in [0.717, 1.165) is 68.1 Å². The Bertz CT molecular complexity index is 2340. The molecular weight excluding hydrogens is 919 g/mol. The van der Waals surface area contributed by atoms with Crippen molar-refractivity contribution in [1.29, 1.82) is 0 Å². The van der Waals surface area contributed by atoms with Crippen LogP contribution in [0.2, 0.25) is 0 Å². The highest BCUT2D eigenvalue weighted by molar-refractivity contribution is 6.03. The Morgan fingerprint density at radius 2 is 1.56 bits per heavy atom. The highest BCUT2D eigenvalue weighted by Gasteiger charge is 2.65. The summed E-state index contributed by atoms with van der Waals surface area (Å²) in [4.78, 5) is 36.6. The summed E-state index contributed by atoms with van der Waals surface area (Å²) in [5, 5.41) is 27.6. The van der Waals surface area contributed by atoms with E-state index in [2.05, 4.69) is 24.9 Å². The van der Waals surface area contributed by atoms with E-state index in [1.807, 2.05) is 35.2 Å². The van der Waals surface area contributed by atoms with Crippen molar-refractivity contribution in [3.8, 4) is 34.5 Å². The first-order chi connectivity index (χ1) is 35.2. The number of methoxy groups -OCH3 is 2. The van der Waals surface area contributed by atoms with Crippen LogP contribution in [0.1, 0.15) is 133 Å². The van der Waals surface area contributed by atoms with Gasteiger partial charge in [-0.3, -0.25) is 10.1 Å². The molecule has 3 aromatic rings. The Morgan fingerprint density at radius 1 is 0.833 bits per heavy atom. The molecule has 1 saturated carbocycles. The molecule has 1 fully saturated rings. The number of hydrogen-bond acceptors (Lipinski definition) is 13. The standard InChI is InChI=1S/C57H77N3O12/c1-6-8-9-10-11-12-13-14-15-22-53(63)60(37-39-23-27-49-51(32-39)69-38-68-49)52-36-47(59-67-5)44-33-40(20-16-18-29-61)43(21-17-19-30-62)54-45-34-42(25-28-48(45)72-57(52,55(44)54)70-31-7-2)71-56(64)58-46-26-24-41(65-3)35-50(46)66-4/h7,23-28,32-35,40,43,52,54-55,61-62H,2,6,8-22,29-31,36-38H2,1,3-5H3,(H,58,64). The Balaban J connectivity index is 1.33. The quantitative estimate of drug-likeness (QED) is 0.0341. The van der Waals surface area contributed by atoms with Crippen molar-refractivity contribution in [3.63, 3.8) is 0 Å². The monoisotopic (exact) mass is 996 g/mol. The van der Waals surface area contributed by atoms with Gasteiger partial charge in [-0.15, -0.1) is 6.58 Å². The summed E-state index contributed by atoms with van der Waals surface area (Å²) in [5.41, 5.74) is 3.68. The molecule has 0 saturated heterocycles. The lowest BCUT2D eigenvalue weighted by Crippen LogP contribution is -2.70. The number of oxime groups is 1. The van der Waals surface area contributed by atoms with Gasteiger partial charge in [0.25, 0.3) is 0 Å². The number of unbranched alkanes of at least 4 members (excludes halogenated alkanes) is 10. The van der Waals surface area contributed by atoms with Crippen LogP contribution >= 0.6 is 0 Å². The van der Waals surface area contributed by atoms with E-state index >= 15 is 4.79 Å². The molecule has 2 aliphatic heterocycles. The van der Waals surface area contributed by atoms with Crippen LogP contribution in [-0.4, -0.2) is 92.6 Å². The maximum atomic E-state index is 15.3. The number of fused-ring (bicyclic) bond motifs is 3. The first-order valence-corrected chi connectivity index (χ1v) is 26.2. The van der Waals surface area contributed by atoms with Crippen LogP contribution in [-0.2, 0) is 20.9 Å². The predicted octanol–water partition coefficient (Wildman–Crippen LogP) is 11.3. The lowest BCUT2D eigenvalue weighted by atomic mass is 9.55. The minimum absolute atomic E-state index is 0.0153. The first-order valence-electron chi connectivity index (χ1n) is 26.2. The van der Waals surface area contributed by atoms with Crippen molar-refractivity contribution in [2.75, 3.05) is 53.3 Å². The van der Waals surface area contributed by atoms with Crippen LogP contribution in [0.25, 0.3) is 0 Å². The molecule has 2 heterocycles. The lowest BCUT2D eigenvalue weighted by molar-refractivity contribution is -0.258. The second-order valence-corrected chi connectivity index (χ2v) is 19.3. The second-order valence-electron chi connectivity index (χ2n) is 19.3. The van der Waals surface area contributed by atoms with E-state index in [4.69, 9.17) is 43.2 Å². The SMILES string of the molecule is C=CCOC12Oc3ccc(OC(=O)Nc4ccc(OC)cc4OC)cc3C3C(CCCCO)C(CCCCO)C=C(C(=NOC)CC1N(Cc1ccc4c(c1)OCO4)C(=O)CCCCCCCCCCC)C32. The molecule has 15 nitrogen and oxygen atoms in total. The number of anilines is 1. The molecule has 2 aliphatic carbocycles. The number of nitrogens with zero attached hydrogens (tertiary/aromatic N) is 2. The van der Waals surface area contributed by atoms with Gasteiger partial charge in [0.1, 0.15) is 36.1 Å². The van der Waals surface area contributed by atoms with Crippen molar-refractivity contribution >= 4 is 23.4 Å². The Kier molecular flexibility index (Phi) is 20.1. The molecule has 7 rings (SSSR count). The molecule has 3 N–H and O–H groups in total. The van der Waals surface area contributed by atoms with E-state index in [-0.39, 0.29) is 63.2 Å². The van der Waals surface area contributed by atoms with Crippen LogP contribution in [0, 0.1) is 17.8 Å². The van der Waals surface area contributed by atoms with Crippen LogP contribution < -0.4 is 33.7 Å². The van der Waals surface area contributed by atoms with Gasteiger partial charge < -0.3 is 53.1 Å². The van der Waals surface area contributed by atoms with Gasteiger partial charge in [0.15, 0.2) is 11.5 Å². The molecule has 4 aliphatic rings. The number of amides is 2. The van der Waals surface area contributed by atoms with E-state index < -0.39 is 23.8 Å². The fourth-order valence-corrected chi connectivity index (χ4v) is 11.3. The topological polar surface area (TPSA) is 176 Å². The number of carbonyl (C=O) groups excluding carboxylic acids is 2. The number of benzene rings is 3. The van der Waals surface area contributed by atoms with E-state index in [9.17, 15) is 15.0 Å². The maximum absolute atomic E-state index is 15.3. The summed E-state index contributed by atoms with van der Waals surface area (Å²) in [6, 6.07) is 15.6. The number of nitrogens with one attached hydrogen (secondary N) is 1. The average Bonchev–Trinajstić information content (AvgIpc) is 3.86. The van der Waals surface area contributed by atoms with Crippen molar-refractivity contribution in [2.24, 2.45) is 22.9 Å². The summed E-state index contributed by atoms with van der Waals surface area (Å²) >= 11 is 0. The van der Waals surface area contributed by atoms with Gasteiger partial charge in [0, 0.05) is 50.1 Å². The van der Waals surface area contributed by atoms with E-state index in [1.54, 1.807) is 37.5 Å². The van der Waals surface area contributed by atoms with Gasteiger partial charge in [-0.2, -0.15) is 0 Å². The zero-order valence-corrected chi connectivity index (χ0v) is 42.9. The Labute approximate surface area is 425 Å². The van der Waals surface area contributed by atoms with Gasteiger partial charge in [-0.05, 0) is 97.5 Å². The smallest absolute Gasteiger partial charge is 0.417 e. The summed E-state index contributed by atoms with van der Waals surface area (Å²) in [5.74, 6) is 0.696. The van der Waals surface area contributed by atoms with Gasteiger partial charge >= 0.3 is 6.09 Å². The largest absolute Gasteiger partial charge is 0.497 e. The highest BCUT2D eigenvalue weighted by Crippen LogP contribution is 2.62. The number of ether oxygens (including phenoxy) is 7. The molecule has 3 aromatic carbocycles. The fraction of sp³-hybridized carbons (Fsp3) is 0.561. The zero-order valence-electron chi connectivity index (χ0n) is 42.9. The van der Waals surface area contributed by atoms with Crippen molar-refractivity contribution in [1.82, 2.24) is 4.90 Å². The molecule has 0 spiro atoms. The molecule has 2 amide bonds. The number of allylic oxidation sites excluding steroid dienone is 1. The third-order valence-corrected chi connectivity index (χ3v) is 14.7. The van der Waals surface area contributed by atoms with Crippen molar-refractivity contribution in [3.05, 3.63) is 90.0 Å². The molecule has 0 aromatic heterocycles. The van der Waals surface area contributed by atoms with Gasteiger partial charge in [0.05, 0.1) is 38.1 Å². The second kappa shape index (κ2) is 26.8. The third kappa shape index (κ3) is 12.9. The van der Waals surface area contributed by atoms with E-state index in [1.165, 1.54) is 46.3 Å². The Morgan fingerprint density at radius 3 is 2.28 bits per heavy atom. The predicted molar refractivity (Wildman–Crippen MR) is 276 cm³/mol. The number of aliphatic hydroxyl groups is 2. The molecule has 6 unspecified atom stereocenters. The molecule has 0 radical (unpaired) electrons. The molecule has 72 heavy (non-hydrogen) atoms. The molecular formula is C57H77N3O12. The summed E-state index contributed by atoms with van der Waals surface area (Å²) in [7, 11) is 4.61. The summed E-state index contributed by atoms with van der Waals surface area (Å²) in [6.45, 7) is 6.92. The van der Waals surface area contributed by atoms with Crippen LogP contribution in [0.3, 0.4) is 0 Å². The molecule has 15 heteroatoms. The van der Waals surface area contributed by atoms with Gasteiger partial charge in [-0.25, -0.2) is 4.79 Å². The number of aliphatic hydroxyl groups excluding tert-OH is 2. The number of rotatable bonds is 29. The minimum atomic E-state index is -1.47. The lowest BCUT2D eigenvalue weighted by Gasteiger charge is -2.60. The van der Waals surface area contributed by atoms with Gasteiger partial charge in [0.2, 0.25) is 18.5 Å².